The predicted octanol–water partition coefficient (Wildman–Crippen LogP) is 4.91. The van der Waals surface area contributed by atoms with Crippen LogP contribution in [0.1, 0.15) is 124 Å². The molecule has 4 aromatic heterocycles. The molecule has 0 aliphatic carbocycles. The lowest BCUT2D eigenvalue weighted by molar-refractivity contribution is -0.141. The highest BCUT2D eigenvalue weighted by Crippen LogP contribution is 2.32. The van der Waals surface area contributed by atoms with E-state index in [4.69, 9.17) is 14.2 Å². The van der Waals surface area contributed by atoms with Gasteiger partial charge < -0.3 is 34.1 Å². The molecule has 5 aromatic rings. The molecule has 294 valence electrons. The van der Waals surface area contributed by atoms with Gasteiger partial charge in [0, 0.05) is 57.1 Å². The molecular weight excluding hydrogens is 705 g/mol. The van der Waals surface area contributed by atoms with Crippen molar-refractivity contribution in [3.63, 3.8) is 0 Å². The predicted molar refractivity (Wildman–Crippen MR) is 219 cm³/mol. The third-order valence-corrected chi connectivity index (χ3v) is 11.4. The largest absolute Gasteiger partial charge is 0.469 e. The van der Waals surface area contributed by atoms with Gasteiger partial charge in [-0.2, -0.15) is 0 Å². The molecule has 0 radical (unpaired) electrons. The highest BCUT2D eigenvalue weighted by Gasteiger charge is 2.25. The van der Waals surface area contributed by atoms with E-state index in [0.717, 1.165) is 103 Å². The quantitative estimate of drug-likeness (QED) is 0.103. The van der Waals surface area contributed by atoms with E-state index in [2.05, 4.69) is 79.7 Å². The minimum atomic E-state index is -0.404. The number of esters is 3. The average molecular weight is 759 g/mol. The monoisotopic (exact) mass is 758 g/mol. The molecular formula is C46H54N4O6. The van der Waals surface area contributed by atoms with Gasteiger partial charge in [-0.05, 0) is 121 Å². The number of benzene rings is 1. The smallest absolute Gasteiger partial charge is 0.338 e. The number of ether oxygens (including phenoxy) is 3. The second kappa shape index (κ2) is 16.9. The molecule has 56 heavy (non-hydrogen) atoms. The van der Waals surface area contributed by atoms with E-state index >= 15 is 0 Å². The zero-order chi connectivity index (χ0) is 40.3. The Morgan fingerprint density at radius 2 is 1.12 bits per heavy atom. The van der Waals surface area contributed by atoms with Crippen molar-refractivity contribution in [1.82, 2.24) is 19.9 Å². The van der Waals surface area contributed by atoms with Crippen molar-refractivity contribution in [2.75, 3.05) is 21.3 Å². The average Bonchev–Trinajstić information content (AvgIpc) is 3.92. The first-order valence-electron chi connectivity index (χ1n) is 19.7. The van der Waals surface area contributed by atoms with Crippen LogP contribution in [0.4, 0.5) is 0 Å². The van der Waals surface area contributed by atoms with Crippen LogP contribution in [0.15, 0.2) is 24.3 Å². The Morgan fingerprint density at radius 3 is 1.75 bits per heavy atom. The molecule has 1 aromatic carbocycles. The van der Waals surface area contributed by atoms with Crippen LogP contribution in [0.5, 0.6) is 0 Å². The normalized spacial score (nSPS) is 12.1. The molecule has 5 heterocycles. The number of carbonyl (C=O) groups is 3. The van der Waals surface area contributed by atoms with Crippen molar-refractivity contribution < 1.29 is 28.6 Å². The molecule has 0 spiro atoms. The Hall–Kier alpha value is -5.77. The summed E-state index contributed by atoms with van der Waals surface area (Å²) in [4.78, 5) is 53.6. The zero-order valence-electron chi connectivity index (χ0n) is 34.1. The number of aromatic nitrogens is 4. The molecule has 10 heteroatoms. The van der Waals surface area contributed by atoms with Crippen LogP contribution >= 0.6 is 0 Å². The summed E-state index contributed by atoms with van der Waals surface area (Å²) in [7, 11) is 4.24. The summed E-state index contributed by atoms with van der Waals surface area (Å²) in [6, 6.07) is 7.67. The minimum Gasteiger partial charge on any atom is -0.469 e. The second-order valence-corrected chi connectivity index (χ2v) is 14.3. The van der Waals surface area contributed by atoms with Gasteiger partial charge in [0.15, 0.2) is 0 Å². The number of nitrogens with one attached hydrogen (secondary N) is 4. The lowest BCUT2D eigenvalue weighted by Gasteiger charge is -2.14. The van der Waals surface area contributed by atoms with E-state index in [0.29, 0.717) is 18.4 Å². The van der Waals surface area contributed by atoms with Crippen LogP contribution in [0.2, 0.25) is 0 Å². The molecule has 4 N–H and O–H groups in total. The lowest BCUT2D eigenvalue weighted by Crippen LogP contribution is -2.20. The molecule has 8 bridgehead atoms. The maximum absolute atomic E-state index is 13.5. The van der Waals surface area contributed by atoms with Crippen molar-refractivity contribution in [2.24, 2.45) is 0 Å². The van der Waals surface area contributed by atoms with Crippen molar-refractivity contribution in [3.05, 3.63) is 124 Å². The Labute approximate surface area is 327 Å². The van der Waals surface area contributed by atoms with Gasteiger partial charge in [-0.15, -0.1) is 0 Å². The molecule has 0 unspecified atom stereocenters. The van der Waals surface area contributed by atoms with E-state index in [9.17, 15) is 14.4 Å². The molecule has 1 aliphatic heterocycles. The summed E-state index contributed by atoms with van der Waals surface area (Å²) < 4.78 is 15.4. The van der Waals surface area contributed by atoms with Crippen molar-refractivity contribution in [2.45, 2.75) is 92.9 Å². The molecule has 0 saturated heterocycles. The Balaban J connectivity index is 1.84. The second-order valence-electron chi connectivity index (χ2n) is 14.3. The van der Waals surface area contributed by atoms with E-state index in [1.165, 1.54) is 43.6 Å². The fourth-order valence-corrected chi connectivity index (χ4v) is 8.47. The minimum absolute atomic E-state index is 0.229. The van der Waals surface area contributed by atoms with Gasteiger partial charge in [0.05, 0.1) is 37.9 Å². The van der Waals surface area contributed by atoms with Crippen molar-refractivity contribution >= 4 is 41.7 Å². The maximum Gasteiger partial charge on any atom is 0.338 e. The van der Waals surface area contributed by atoms with Crippen LogP contribution in [-0.2, 0) is 62.3 Å². The first kappa shape index (κ1) is 39.9. The van der Waals surface area contributed by atoms with Crippen LogP contribution in [-0.4, -0.2) is 59.2 Å². The molecule has 1 aliphatic rings. The van der Waals surface area contributed by atoms with Crippen molar-refractivity contribution in [3.8, 4) is 0 Å². The number of methoxy groups -OCH3 is 3. The molecule has 0 atom stereocenters. The maximum atomic E-state index is 13.5. The van der Waals surface area contributed by atoms with Crippen LogP contribution in [0, 0.1) is 13.8 Å². The van der Waals surface area contributed by atoms with E-state index in [1.807, 2.05) is 24.3 Å². The fraction of sp³-hybridized carbons (Fsp3) is 0.370. The first-order chi connectivity index (χ1) is 27.0. The number of fused-ring (bicyclic) bond motifs is 8. The van der Waals surface area contributed by atoms with Gasteiger partial charge in [-0.25, -0.2) is 4.79 Å². The van der Waals surface area contributed by atoms with Crippen LogP contribution in [0.3, 0.4) is 0 Å². The van der Waals surface area contributed by atoms with Crippen LogP contribution in [0.25, 0.3) is 23.8 Å². The van der Waals surface area contributed by atoms with E-state index in [1.54, 1.807) is 0 Å². The van der Waals surface area contributed by atoms with Gasteiger partial charge in [-0.1, -0.05) is 45.9 Å². The highest BCUT2D eigenvalue weighted by atomic mass is 16.5. The molecule has 6 rings (SSSR count). The van der Waals surface area contributed by atoms with Gasteiger partial charge in [0.2, 0.25) is 0 Å². The van der Waals surface area contributed by atoms with E-state index in [-0.39, 0.29) is 24.8 Å². The number of carbonyl (C=O) groups excluding carboxylic acids is 3. The topological polar surface area (TPSA) is 142 Å². The van der Waals surface area contributed by atoms with Gasteiger partial charge in [-0.3, -0.25) is 9.59 Å². The van der Waals surface area contributed by atoms with Gasteiger partial charge >= 0.3 is 17.9 Å². The summed E-state index contributed by atoms with van der Waals surface area (Å²) in [6.45, 7) is 12.9. The number of hydrogen-bond acceptors (Lipinski definition) is 6. The molecule has 0 amide bonds. The standard InChI is InChI=1S/C46H54N4O6/c1-10-27-29(12-3)44-43(33-16-14-15-17-34(33)46(53)56-9)45-30(13-4)28(11-2)38(50-45)23-36-26(6)32(19-21-42(52)55-8)40(48-36)24-39-31(18-20-41(51)54-7)25(5)35(47-39)22-37(27)49-44/h14-17,22-24,47-50H,10-13,18-21H2,1-9H3. The van der Waals surface area contributed by atoms with Gasteiger partial charge in [0.1, 0.15) is 0 Å². The van der Waals surface area contributed by atoms with Crippen molar-refractivity contribution in [1.29, 1.82) is 0 Å². The number of H-pyrrole nitrogens is 4. The fourth-order valence-electron chi connectivity index (χ4n) is 8.47. The Bertz CT molecular complexity index is 2570. The third-order valence-electron chi connectivity index (χ3n) is 11.4. The number of aromatic amines is 4. The summed E-state index contributed by atoms with van der Waals surface area (Å²) >= 11 is 0. The first-order valence-corrected chi connectivity index (χ1v) is 19.7. The van der Waals surface area contributed by atoms with E-state index < -0.39 is 5.97 Å². The summed E-state index contributed by atoms with van der Waals surface area (Å²) in [6.07, 6.45) is 10.9. The third kappa shape index (κ3) is 7.32. The van der Waals surface area contributed by atoms with Crippen LogP contribution < -0.4 is 21.4 Å². The Morgan fingerprint density at radius 1 is 0.554 bits per heavy atom. The number of rotatable bonds is 12. The highest BCUT2D eigenvalue weighted by molar-refractivity contribution is 5.98. The SMILES string of the molecule is CCc1c2[nH]c(c1CC)C(c1ccccc1C(=O)OC)=c1[nH]c(c(CC)c1CC)=Cc1[nH]c(c(CCC(=O)OC)c1C)C=c1[nH]c(c(C)c1CCC(=O)OC)=C2. The molecule has 0 fully saturated rings. The summed E-state index contributed by atoms with van der Waals surface area (Å²) in [5, 5.41) is 3.72. The summed E-state index contributed by atoms with van der Waals surface area (Å²) in [5.74, 6) is -0.959. The molecule has 10 nitrogen and oxygen atoms in total. The Kier molecular flexibility index (Phi) is 12.1. The lowest BCUT2D eigenvalue weighted by atomic mass is 9.91. The number of hydrogen-bond donors (Lipinski definition) is 4. The zero-order valence-corrected chi connectivity index (χ0v) is 34.1. The summed E-state index contributed by atoms with van der Waals surface area (Å²) in [5.41, 5.74) is 14.7. The van der Waals surface area contributed by atoms with Gasteiger partial charge in [0.25, 0.3) is 0 Å². The molecule has 0 saturated carbocycles.